The van der Waals surface area contributed by atoms with Gasteiger partial charge in [-0.05, 0) is 49.3 Å². The molecule has 0 amide bonds. The van der Waals surface area contributed by atoms with Crippen molar-refractivity contribution in [3.63, 3.8) is 0 Å². The molecular formula is C19H25NO3. The van der Waals surface area contributed by atoms with Crippen molar-refractivity contribution in [1.82, 2.24) is 0 Å². The Kier molecular flexibility index (Phi) is 6.08. The molecule has 0 aromatic heterocycles. The third kappa shape index (κ3) is 4.50. The number of nitrogens with zero attached hydrogens (tertiary/aromatic N) is 1. The Hall–Kier alpha value is -1.97. The molecule has 0 heterocycles. The summed E-state index contributed by atoms with van der Waals surface area (Å²) >= 11 is 0. The zero-order valence-corrected chi connectivity index (χ0v) is 13.9. The Bertz CT molecular complexity index is 577. The molecule has 4 nitrogen and oxygen atoms in total. The SMILES string of the molecule is CN=CC(CCC1CCCC1=O)C(C)c1ccc(C(=O)O)cc1. The highest BCUT2D eigenvalue weighted by molar-refractivity contribution is 5.87. The lowest BCUT2D eigenvalue weighted by Crippen LogP contribution is -2.15. The highest BCUT2D eigenvalue weighted by Gasteiger charge is 2.26. The van der Waals surface area contributed by atoms with Crippen LogP contribution in [0, 0.1) is 11.8 Å². The summed E-state index contributed by atoms with van der Waals surface area (Å²) in [5, 5.41) is 8.98. The minimum absolute atomic E-state index is 0.226. The smallest absolute Gasteiger partial charge is 0.335 e. The first-order valence-electron chi connectivity index (χ1n) is 8.31. The molecule has 4 heteroatoms. The van der Waals surface area contributed by atoms with Crippen LogP contribution >= 0.6 is 0 Å². The summed E-state index contributed by atoms with van der Waals surface area (Å²) in [6.07, 6.45) is 6.63. The number of aliphatic imine (C=N–C) groups is 1. The third-order valence-electron chi connectivity index (χ3n) is 4.95. The van der Waals surface area contributed by atoms with Crippen molar-refractivity contribution in [3.8, 4) is 0 Å². The molecule has 1 fully saturated rings. The molecule has 0 radical (unpaired) electrons. The van der Waals surface area contributed by atoms with Gasteiger partial charge in [-0.1, -0.05) is 19.1 Å². The Labute approximate surface area is 137 Å². The summed E-state index contributed by atoms with van der Waals surface area (Å²) in [6.45, 7) is 2.14. The molecule has 1 N–H and O–H groups in total. The summed E-state index contributed by atoms with van der Waals surface area (Å²) in [7, 11) is 1.77. The molecule has 3 unspecified atom stereocenters. The Morgan fingerprint density at radius 1 is 1.39 bits per heavy atom. The topological polar surface area (TPSA) is 66.7 Å². The van der Waals surface area contributed by atoms with E-state index < -0.39 is 5.97 Å². The monoisotopic (exact) mass is 315 g/mol. The Balaban J connectivity index is 2.03. The molecule has 23 heavy (non-hydrogen) atoms. The van der Waals surface area contributed by atoms with Gasteiger partial charge < -0.3 is 10.1 Å². The second-order valence-electron chi connectivity index (χ2n) is 6.42. The molecule has 1 aromatic rings. The summed E-state index contributed by atoms with van der Waals surface area (Å²) in [4.78, 5) is 26.9. The molecule has 2 rings (SSSR count). The minimum atomic E-state index is -0.907. The lowest BCUT2D eigenvalue weighted by molar-refractivity contribution is -0.120. The van der Waals surface area contributed by atoms with Crippen LogP contribution < -0.4 is 0 Å². The van der Waals surface area contributed by atoms with E-state index in [1.807, 2.05) is 18.3 Å². The zero-order chi connectivity index (χ0) is 16.8. The summed E-state index contributed by atoms with van der Waals surface area (Å²) in [5.74, 6) is 0.248. The Morgan fingerprint density at radius 3 is 2.61 bits per heavy atom. The maximum Gasteiger partial charge on any atom is 0.335 e. The van der Waals surface area contributed by atoms with Crippen LogP contribution in [0.15, 0.2) is 29.3 Å². The molecule has 124 valence electrons. The second-order valence-corrected chi connectivity index (χ2v) is 6.42. The van der Waals surface area contributed by atoms with E-state index in [4.69, 9.17) is 5.11 Å². The van der Waals surface area contributed by atoms with E-state index in [1.165, 1.54) is 0 Å². The van der Waals surface area contributed by atoms with E-state index in [-0.39, 0.29) is 17.8 Å². The van der Waals surface area contributed by atoms with Crippen LogP contribution in [0.1, 0.15) is 60.9 Å². The van der Waals surface area contributed by atoms with E-state index >= 15 is 0 Å². The molecule has 0 spiro atoms. The molecule has 0 bridgehead atoms. The largest absolute Gasteiger partial charge is 0.478 e. The van der Waals surface area contributed by atoms with E-state index in [0.29, 0.717) is 11.3 Å². The number of hydrogen-bond donors (Lipinski definition) is 1. The van der Waals surface area contributed by atoms with Crippen LogP contribution in [-0.4, -0.2) is 30.1 Å². The van der Waals surface area contributed by atoms with Gasteiger partial charge in [0.05, 0.1) is 5.56 Å². The van der Waals surface area contributed by atoms with E-state index in [1.54, 1.807) is 19.2 Å². The number of aromatic carboxylic acids is 1. The number of benzene rings is 1. The summed E-state index contributed by atoms with van der Waals surface area (Å²) in [5.41, 5.74) is 1.41. The fourth-order valence-corrected chi connectivity index (χ4v) is 3.41. The highest BCUT2D eigenvalue weighted by Crippen LogP contribution is 2.32. The second kappa shape index (κ2) is 8.04. The van der Waals surface area contributed by atoms with Gasteiger partial charge in [-0.2, -0.15) is 0 Å². The first-order chi connectivity index (χ1) is 11.0. The van der Waals surface area contributed by atoms with Gasteiger partial charge in [0.25, 0.3) is 0 Å². The van der Waals surface area contributed by atoms with Gasteiger partial charge in [0.15, 0.2) is 0 Å². The van der Waals surface area contributed by atoms with Crippen LogP contribution in [0.3, 0.4) is 0 Å². The number of ketones is 1. The first kappa shape index (κ1) is 17.4. The van der Waals surface area contributed by atoms with Gasteiger partial charge in [0.2, 0.25) is 0 Å². The zero-order valence-electron chi connectivity index (χ0n) is 13.9. The van der Waals surface area contributed by atoms with Crippen molar-refractivity contribution in [1.29, 1.82) is 0 Å². The fourth-order valence-electron chi connectivity index (χ4n) is 3.41. The number of rotatable bonds is 7. The van der Waals surface area contributed by atoms with Gasteiger partial charge in [-0.15, -0.1) is 0 Å². The van der Waals surface area contributed by atoms with Gasteiger partial charge in [-0.3, -0.25) is 4.79 Å². The molecule has 1 saturated carbocycles. The molecular weight excluding hydrogens is 290 g/mol. The third-order valence-corrected chi connectivity index (χ3v) is 4.95. The van der Waals surface area contributed by atoms with Crippen molar-refractivity contribution in [2.24, 2.45) is 16.8 Å². The normalized spacial score (nSPS) is 20.8. The molecule has 1 aliphatic carbocycles. The number of hydrogen-bond acceptors (Lipinski definition) is 3. The fraction of sp³-hybridized carbons (Fsp3) is 0.526. The summed E-state index contributed by atoms with van der Waals surface area (Å²) in [6, 6.07) is 7.06. The first-order valence-corrected chi connectivity index (χ1v) is 8.31. The van der Waals surface area contributed by atoms with Gasteiger partial charge in [-0.25, -0.2) is 4.79 Å². The molecule has 0 aliphatic heterocycles. The maximum absolute atomic E-state index is 11.8. The predicted molar refractivity (Wildman–Crippen MR) is 91.3 cm³/mol. The average molecular weight is 315 g/mol. The van der Waals surface area contributed by atoms with Crippen LogP contribution in [0.2, 0.25) is 0 Å². The van der Waals surface area contributed by atoms with E-state index in [0.717, 1.165) is 37.7 Å². The van der Waals surface area contributed by atoms with Gasteiger partial charge >= 0.3 is 5.97 Å². The van der Waals surface area contributed by atoms with Crippen molar-refractivity contribution in [2.75, 3.05) is 7.05 Å². The van der Waals surface area contributed by atoms with Gasteiger partial charge in [0.1, 0.15) is 5.78 Å². The molecule has 1 aromatic carbocycles. The maximum atomic E-state index is 11.8. The highest BCUT2D eigenvalue weighted by atomic mass is 16.4. The van der Waals surface area contributed by atoms with E-state index in [2.05, 4.69) is 11.9 Å². The standard InChI is InChI=1S/C19H25NO3/c1-13(14-6-9-16(10-7-14)19(22)23)17(12-20-2)11-8-15-4-3-5-18(15)21/h6-7,9-10,12-13,15,17H,3-5,8,11H2,1-2H3,(H,22,23). The Morgan fingerprint density at radius 2 is 2.09 bits per heavy atom. The lowest BCUT2D eigenvalue weighted by atomic mass is 9.83. The number of carbonyl (C=O) groups is 2. The van der Waals surface area contributed by atoms with Crippen molar-refractivity contribution >= 4 is 18.0 Å². The van der Waals surface area contributed by atoms with Crippen molar-refractivity contribution in [2.45, 2.75) is 44.9 Å². The van der Waals surface area contributed by atoms with E-state index in [9.17, 15) is 9.59 Å². The van der Waals surface area contributed by atoms with Crippen LogP contribution in [0.25, 0.3) is 0 Å². The molecule has 1 aliphatic rings. The quantitative estimate of drug-likeness (QED) is 0.775. The average Bonchev–Trinajstić information content (AvgIpc) is 2.96. The minimum Gasteiger partial charge on any atom is -0.478 e. The van der Waals surface area contributed by atoms with Crippen LogP contribution in [0.4, 0.5) is 0 Å². The number of carbonyl (C=O) groups excluding carboxylic acids is 1. The van der Waals surface area contributed by atoms with Crippen LogP contribution in [-0.2, 0) is 4.79 Å². The number of carboxylic acid groups (broad SMARTS) is 1. The van der Waals surface area contributed by atoms with Crippen molar-refractivity contribution in [3.05, 3.63) is 35.4 Å². The van der Waals surface area contributed by atoms with Crippen LogP contribution in [0.5, 0.6) is 0 Å². The molecule has 3 atom stereocenters. The van der Waals surface area contributed by atoms with Crippen molar-refractivity contribution < 1.29 is 14.7 Å². The number of carboxylic acids is 1. The lowest BCUT2D eigenvalue weighted by Gasteiger charge is -2.22. The van der Waals surface area contributed by atoms with Gasteiger partial charge in [0, 0.05) is 31.5 Å². The number of Topliss-reactive ketones (excluding diaryl/α,β-unsaturated/α-hetero) is 1. The summed E-state index contributed by atoms with van der Waals surface area (Å²) < 4.78 is 0. The molecule has 0 saturated heterocycles. The predicted octanol–water partition coefficient (Wildman–Crippen LogP) is 3.95.